The first kappa shape index (κ1) is 35.2. The number of carbonyl (C=O) groups is 1. The summed E-state index contributed by atoms with van der Waals surface area (Å²) in [5, 5.41) is 5.92. The van der Waals surface area contributed by atoms with Gasteiger partial charge in [0.2, 0.25) is 0 Å². The number of hydrogen-bond acceptors (Lipinski definition) is 7. The molecule has 0 N–H and O–H groups in total. The molecule has 0 aliphatic carbocycles. The molecule has 0 amide bonds. The van der Waals surface area contributed by atoms with Crippen LogP contribution < -0.4 is 18.9 Å². The maximum atomic E-state index is 12.7. The molecule has 2 aromatic rings. The van der Waals surface area contributed by atoms with Crippen LogP contribution in [0.4, 0.5) is 0 Å². The molecule has 0 heterocycles. The molecule has 0 saturated carbocycles. The van der Waals surface area contributed by atoms with Crippen molar-refractivity contribution in [3.05, 3.63) is 23.8 Å². The van der Waals surface area contributed by atoms with E-state index >= 15 is 0 Å². The molecule has 7 heteroatoms. The fourth-order valence-electron chi connectivity index (χ4n) is 5.40. The molecule has 0 fully saturated rings. The van der Waals surface area contributed by atoms with Gasteiger partial charge in [0.15, 0.2) is 0 Å². The normalized spacial score (nSPS) is 11.5. The summed E-state index contributed by atoms with van der Waals surface area (Å²) in [6, 6.07) is 5.60. The highest BCUT2D eigenvalue weighted by Crippen LogP contribution is 2.46. The van der Waals surface area contributed by atoms with Gasteiger partial charge in [-0.3, -0.25) is 0 Å². The Morgan fingerprint density at radius 3 is 1.57 bits per heavy atom. The van der Waals surface area contributed by atoms with Crippen molar-refractivity contribution in [1.82, 2.24) is 0 Å². The van der Waals surface area contributed by atoms with Crippen molar-refractivity contribution in [3.8, 4) is 23.0 Å². The van der Waals surface area contributed by atoms with Gasteiger partial charge in [-0.05, 0) is 37.5 Å². The number of carbonyl (C=O) groups excluding carboxylic acids is 1. The first-order chi connectivity index (χ1) is 20.6. The van der Waals surface area contributed by atoms with E-state index in [0.717, 1.165) is 48.4 Å². The van der Waals surface area contributed by atoms with Crippen LogP contribution in [-0.4, -0.2) is 40.1 Å². The van der Waals surface area contributed by atoms with E-state index in [1.165, 1.54) is 64.2 Å². The van der Waals surface area contributed by atoms with E-state index < -0.39 is 0 Å². The topological polar surface area (TPSA) is 75.6 Å². The number of methoxy groups -OCH3 is 4. The third kappa shape index (κ3) is 11.0. The molecular weight excluding hydrogens is 530 g/mol. The van der Waals surface area contributed by atoms with Crippen molar-refractivity contribution in [1.29, 1.82) is 0 Å². The highest BCUT2D eigenvalue weighted by Gasteiger charge is 2.24. The fraction of sp³-hybridized carbons (Fsp3) is 0.657. The lowest BCUT2D eigenvalue weighted by molar-refractivity contribution is -0.143. The largest absolute Gasteiger partial charge is 0.496 e. The first-order valence-electron chi connectivity index (χ1n) is 16.1. The van der Waals surface area contributed by atoms with E-state index in [4.69, 9.17) is 23.8 Å². The molecule has 2 aromatic carbocycles. The van der Waals surface area contributed by atoms with Crippen LogP contribution >= 0.6 is 0 Å². The molecule has 42 heavy (non-hydrogen) atoms. The van der Waals surface area contributed by atoms with Gasteiger partial charge in [0.05, 0.1) is 44.9 Å². The van der Waals surface area contributed by atoms with E-state index in [1.807, 2.05) is 18.2 Å². The van der Waals surface area contributed by atoms with E-state index in [1.54, 1.807) is 28.4 Å². The standard InChI is InChI=1S/C35H55NO6/c1-7-9-11-13-15-17-18-20-22-28(36-42-32(37)23-21-19-16-14-12-10-8-2)27-26-31(40-5)33-29(38-3)24-25-30(39-4)34(33)35(27)41-6/h24-26H,7-23H2,1-6H3. The summed E-state index contributed by atoms with van der Waals surface area (Å²) in [6.07, 6.45) is 18.6. The molecule has 0 aliphatic rings. The van der Waals surface area contributed by atoms with Crippen LogP contribution in [0.5, 0.6) is 23.0 Å². The van der Waals surface area contributed by atoms with Gasteiger partial charge in [0.1, 0.15) is 23.0 Å². The maximum Gasteiger partial charge on any atom is 0.335 e. The second-order valence-electron chi connectivity index (χ2n) is 11.0. The van der Waals surface area contributed by atoms with Gasteiger partial charge in [-0.15, -0.1) is 0 Å². The van der Waals surface area contributed by atoms with E-state index in [2.05, 4.69) is 19.0 Å². The summed E-state index contributed by atoms with van der Waals surface area (Å²) in [6.45, 7) is 4.46. The van der Waals surface area contributed by atoms with Gasteiger partial charge in [-0.2, -0.15) is 0 Å². The van der Waals surface area contributed by atoms with Crippen LogP contribution in [0, 0.1) is 0 Å². The number of fused-ring (bicyclic) bond motifs is 1. The van der Waals surface area contributed by atoms with Crippen LogP contribution in [0.2, 0.25) is 0 Å². The SMILES string of the molecule is CCCCCCCCCCC(=NOC(=O)CCCCCCCCC)c1cc(OC)c2c(OC)ccc(OC)c2c1OC. The van der Waals surface area contributed by atoms with E-state index in [9.17, 15) is 4.79 Å². The van der Waals surface area contributed by atoms with Crippen LogP contribution in [0.25, 0.3) is 10.8 Å². The first-order valence-corrected chi connectivity index (χ1v) is 16.1. The van der Waals surface area contributed by atoms with Gasteiger partial charge in [0, 0.05) is 12.0 Å². The highest BCUT2D eigenvalue weighted by atomic mass is 16.7. The third-order valence-corrected chi connectivity index (χ3v) is 7.81. The number of benzene rings is 2. The second-order valence-corrected chi connectivity index (χ2v) is 11.0. The van der Waals surface area contributed by atoms with Crippen LogP contribution in [0.3, 0.4) is 0 Å². The predicted octanol–water partition coefficient (Wildman–Crippen LogP) is 9.79. The van der Waals surface area contributed by atoms with Gasteiger partial charge >= 0.3 is 5.97 Å². The second kappa shape index (κ2) is 20.8. The summed E-state index contributed by atoms with van der Waals surface area (Å²) in [4.78, 5) is 18.2. The predicted molar refractivity (Wildman–Crippen MR) is 173 cm³/mol. The van der Waals surface area contributed by atoms with Gasteiger partial charge in [-0.25, -0.2) is 4.79 Å². The number of unbranched alkanes of at least 4 members (excludes halogenated alkanes) is 13. The Morgan fingerprint density at radius 2 is 1.07 bits per heavy atom. The number of ether oxygens (including phenoxy) is 4. The lowest BCUT2D eigenvalue weighted by Gasteiger charge is -2.19. The Labute approximate surface area is 254 Å². The van der Waals surface area contributed by atoms with Gasteiger partial charge < -0.3 is 23.8 Å². The smallest absolute Gasteiger partial charge is 0.335 e. The van der Waals surface area contributed by atoms with Crippen molar-refractivity contribution in [2.24, 2.45) is 5.16 Å². The third-order valence-electron chi connectivity index (χ3n) is 7.81. The Kier molecular flexibility index (Phi) is 17.5. The zero-order valence-corrected chi connectivity index (χ0v) is 27.1. The van der Waals surface area contributed by atoms with Crippen molar-refractivity contribution in [2.45, 2.75) is 123 Å². The van der Waals surface area contributed by atoms with E-state index in [0.29, 0.717) is 41.6 Å². The summed E-state index contributed by atoms with van der Waals surface area (Å²) in [7, 11) is 6.51. The minimum absolute atomic E-state index is 0.303. The van der Waals surface area contributed by atoms with Crippen molar-refractivity contribution >= 4 is 22.5 Å². The summed E-state index contributed by atoms with van der Waals surface area (Å²) in [5.74, 6) is 2.17. The van der Waals surface area contributed by atoms with Gasteiger partial charge in [-0.1, -0.05) is 102 Å². The van der Waals surface area contributed by atoms with Gasteiger partial charge in [0.25, 0.3) is 0 Å². The maximum absolute atomic E-state index is 12.7. The molecule has 0 bridgehead atoms. The fourth-order valence-corrected chi connectivity index (χ4v) is 5.40. The molecule has 0 aliphatic heterocycles. The molecular formula is C35H55NO6. The molecule has 0 radical (unpaired) electrons. The molecule has 0 aromatic heterocycles. The van der Waals surface area contributed by atoms with Crippen molar-refractivity contribution in [2.75, 3.05) is 28.4 Å². The van der Waals surface area contributed by atoms with Crippen molar-refractivity contribution in [3.63, 3.8) is 0 Å². The number of rotatable bonds is 23. The molecule has 2 rings (SSSR count). The average molecular weight is 586 g/mol. The summed E-state index contributed by atoms with van der Waals surface area (Å²) < 4.78 is 23.2. The zero-order chi connectivity index (χ0) is 30.6. The van der Waals surface area contributed by atoms with Crippen LogP contribution in [0.1, 0.15) is 129 Å². The molecule has 0 saturated heterocycles. The summed E-state index contributed by atoms with van der Waals surface area (Å²) >= 11 is 0. The summed E-state index contributed by atoms with van der Waals surface area (Å²) in [5.41, 5.74) is 1.39. The molecule has 236 valence electrons. The molecule has 0 spiro atoms. The minimum atomic E-state index is -0.303. The monoisotopic (exact) mass is 585 g/mol. The van der Waals surface area contributed by atoms with E-state index in [-0.39, 0.29) is 5.97 Å². The number of nitrogens with zero attached hydrogens (tertiary/aromatic N) is 1. The Hall–Kier alpha value is -2.96. The zero-order valence-electron chi connectivity index (χ0n) is 27.1. The Bertz CT molecular complexity index is 1100. The lowest BCUT2D eigenvalue weighted by atomic mass is 9.96. The average Bonchev–Trinajstić information content (AvgIpc) is 3.01. The quantitative estimate of drug-likeness (QED) is 0.0559. The highest BCUT2D eigenvalue weighted by molar-refractivity contribution is 6.12. The van der Waals surface area contributed by atoms with Crippen LogP contribution in [-0.2, 0) is 9.63 Å². The lowest BCUT2D eigenvalue weighted by Crippen LogP contribution is -2.09. The Morgan fingerprint density at radius 1 is 0.595 bits per heavy atom. The number of hydrogen-bond donors (Lipinski definition) is 0. The molecule has 0 unspecified atom stereocenters. The molecule has 0 atom stereocenters. The molecule has 7 nitrogen and oxygen atoms in total. The minimum Gasteiger partial charge on any atom is -0.496 e. The van der Waals surface area contributed by atoms with Crippen molar-refractivity contribution < 1.29 is 28.6 Å². The number of oxime groups is 1. The Balaban J connectivity index is 2.30. The van der Waals surface area contributed by atoms with Crippen LogP contribution in [0.15, 0.2) is 23.4 Å².